The van der Waals surface area contributed by atoms with Gasteiger partial charge in [0.25, 0.3) is 6.43 Å². The molecule has 1 aromatic heterocycles. The van der Waals surface area contributed by atoms with Gasteiger partial charge >= 0.3 is 0 Å². The van der Waals surface area contributed by atoms with Gasteiger partial charge in [-0.15, -0.1) is 5.10 Å². The van der Waals surface area contributed by atoms with Crippen LogP contribution >= 0.6 is 0 Å². The lowest BCUT2D eigenvalue weighted by atomic mass is 10.2. The number of aromatic nitrogens is 2. The summed E-state index contributed by atoms with van der Waals surface area (Å²) in [7, 11) is 1.54. The third kappa shape index (κ3) is 2.59. The minimum absolute atomic E-state index is 0.262. The third-order valence-corrected chi connectivity index (χ3v) is 1.78. The molecule has 0 unspecified atom stereocenters. The maximum atomic E-state index is 12.1. The summed E-state index contributed by atoms with van der Waals surface area (Å²) in [6.07, 6.45) is -0.908. The lowest BCUT2D eigenvalue weighted by Gasteiger charge is -2.18. The lowest BCUT2D eigenvalue weighted by Crippen LogP contribution is -2.26. The molecule has 0 saturated heterocycles. The standard InChI is InChI=1S/C8H12F2N4/c1-14(5-7(9)10)8-6(4-11)2-3-12-13-8/h2-3,7H,4-5,11H2,1H3. The molecule has 0 aliphatic rings. The molecule has 1 heterocycles. The zero-order chi connectivity index (χ0) is 10.6. The molecule has 0 spiro atoms. The van der Waals surface area contributed by atoms with Crippen molar-refractivity contribution in [3.05, 3.63) is 17.8 Å². The smallest absolute Gasteiger partial charge is 0.255 e. The van der Waals surface area contributed by atoms with Gasteiger partial charge in [-0.1, -0.05) is 0 Å². The van der Waals surface area contributed by atoms with Crippen molar-refractivity contribution in [2.75, 3.05) is 18.5 Å². The predicted octanol–water partition coefficient (Wildman–Crippen LogP) is 0.637. The van der Waals surface area contributed by atoms with E-state index in [0.29, 0.717) is 11.4 Å². The molecule has 4 nitrogen and oxygen atoms in total. The summed E-state index contributed by atoms with van der Waals surface area (Å²) < 4.78 is 24.2. The first-order valence-electron chi connectivity index (χ1n) is 4.15. The van der Waals surface area contributed by atoms with Gasteiger partial charge in [0.05, 0.1) is 12.7 Å². The van der Waals surface area contributed by atoms with Crippen LogP contribution in [0.5, 0.6) is 0 Å². The number of hydrogen-bond donors (Lipinski definition) is 1. The van der Waals surface area contributed by atoms with Crippen LogP contribution in [-0.2, 0) is 6.54 Å². The van der Waals surface area contributed by atoms with E-state index in [4.69, 9.17) is 5.73 Å². The zero-order valence-corrected chi connectivity index (χ0v) is 7.82. The van der Waals surface area contributed by atoms with E-state index in [2.05, 4.69) is 10.2 Å². The molecule has 1 aromatic rings. The van der Waals surface area contributed by atoms with Crippen LogP contribution < -0.4 is 10.6 Å². The van der Waals surface area contributed by atoms with Crippen LogP contribution in [0, 0.1) is 0 Å². The van der Waals surface area contributed by atoms with E-state index in [0.717, 1.165) is 0 Å². The summed E-state index contributed by atoms with van der Waals surface area (Å²) in [6.45, 7) is -0.107. The Morgan fingerprint density at radius 1 is 1.57 bits per heavy atom. The summed E-state index contributed by atoms with van der Waals surface area (Å²) in [6, 6.07) is 1.67. The van der Waals surface area contributed by atoms with E-state index in [9.17, 15) is 8.78 Å². The van der Waals surface area contributed by atoms with Crippen molar-refractivity contribution in [1.29, 1.82) is 0 Å². The Morgan fingerprint density at radius 2 is 2.29 bits per heavy atom. The molecule has 0 fully saturated rings. The van der Waals surface area contributed by atoms with Crippen molar-refractivity contribution in [3.63, 3.8) is 0 Å². The Kier molecular flexibility index (Phi) is 3.70. The normalized spacial score (nSPS) is 10.6. The number of nitrogens with zero attached hydrogens (tertiary/aromatic N) is 3. The van der Waals surface area contributed by atoms with E-state index < -0.39 is 6.43 Å². The van der Waals surface area contributed by atoms with Crippen molar-refractivity contribution >= 4 is 5.82 Å². The van der Waals surface area contributed by atoms with Crippen LogP contribution in [0.4, 0.5) is 14.6 Å². The molecule has 0 saturated carbocycles. The first-order chi connectivity index (χ1) is 6.65. The zero-order valence-electron chi connectivity index (χ0n) is 7.82. The van der Waals surface area contributed by atoms with Gasteiger partial charge in [-0.2, -0.15) is 5.10 Å². The second-order valence-corrected chi connectivity index (χ2v) is 2.86. The summed E-state index contributed by atoms with van der Waals surface area (Å²) in [4.78, 5) is 1.35. The van der Waals surface area contributed by atoms with E-state index in [1.165, 1.54) is 18.1 Å². The molecule has 0 aliphatic heterocycles. The maximum absolute atomic E-state index is 12.1. The van der Waals surface area contributed by atoms with Crippen LogP contribution in [0.25, 0.3) is 0 Å². The summed E-state index contributed by atoms with van der Waals surface area (Å²) in [5.74, 6) is 0.412. The molecule has 0 aliphatic carbocycles. The van der Waals surface area contributed by atoms with Gasteiger partial charge < -0.3 is 10.6 Å². The molecule has 6 heteroatoms. The highest BCUT2D eigenvalue weighted by Crippen LogP contribution is 2.14. The molecule has 14 heavy (non-hydrogen) atoms. The van der Waals surface area contributed by atoms with Gasteiger partial charge in [-0.05, 0) is 6.07 Å². The van der Waals surface area contributed by atoms with E-state index in [1.54, 1.807) is 6.07 Å². The van der Waals surface area contributed by atoms with Gasteiger partial charge in [0.15, 0.2) is 5.82 Å². The Morgan fingerprint density at radius 3 is 2.86 bits per heavy atom. The molecule has 2 N–H and O–H groups in total. The second-order valence-electron chi connectivity index (χ2n) is 2.86. The fraction of sp³-hybridized carbons (Fsp3) is 0.500. The highest BCUT2D eigenvalue weighted by Gasteiger charge is 2.12. The van der Waals surface area contributed by atoms with Crippen LogP contribution in [0.2, 0.25) is 0 Å². The highest BCUT2D eigenvalue weighted by molar-refractivity contribution is 5.44. The van der Waals surface area contributed by atoms with Crippen molar-refractivity contribution < 1.29 is 8.78 Å². The lowest BCUT2D eigenvalue weighted by molar-refractivity contribution is 0.156. The molecular formula is C8H12F2N4. The summed E-state index contributed by atoms with van der Waals surface area (Å²) >= 11 is 0. The summed E-state index contributed by atoms with van der Waals surface area (Å²) in [5.41, 5.74) is 6.15. The molecule has 0 aromatic carbocycles. The molecule has 1 rings (SSSR count). The van der Waals surface area contributed by atoms with Crippen LogP contribution in [0.1, 0.15) is 5.56 Å². The molecular weight excluding hydrogens is 190 g/mol. The molecule has 0 radical (unpaired) electrons. The Balaban J connectivity index is 2.82. The fourth-order valence-electron chi connectivity index (χ4n) is 1.12. The van der Waals surface area contributed by atoms with Crippen LogP contribution in [0.3, 0.4) is 0 Å². The van der Waals surface area contributed by atoms with Crippen molar-refractivity contribution in [2.45, 2.75) is 13.0 Å². The second kappa shape index (κ2) is 4.80. The summed E-state index contributed by atoms with van der Waals surface area (Å²) in [5, 5.41) is 7.39. The van der Waals surface area contributed by atoms with Gasteiger partial charge in [0.1, 0.15) is 0 Å². The largest absolute Gasteiger partial charge is 0.352 e. The number of hydrogen-bond acceptors (Lipinski definition) is 4. The molecule has 78 valence electrons. The van der Waals surface area contributed by atoms with Crippen LogP contribution in [-0.4, -0.2) is 30.2 Å². The topological polar surface area (TPSA) is 55.0 Å². The number of alkyl halides is 2. The Bertz CT molecular complexity index is 292. The monoisotopic (exact) mass is 202 g/mol. The number of rotatable bonds is 4. The van der Waals surface area contributed by atoms with Gasteiger partial charge in [-0.3, -0.25) is 0 Å². The SMILES string of the molecule is CN(CC(F)F)c1nnccc1CN. The average molecular weight is 202 g/mol. The third-order valence-electron chi connectivity index (χ3n) is 1.78. The Labute approximate surface area is 80.7 Å². The number of halogens is 2. The van der Waals surface area contributed by atoms with Crippen molar-refractivity contribution in [1.82, 2.24) is 10.2 Å². The number of anilines is 1. The first kappa shape index (κ1) is 10.8. The maximum Gasteiger partial charge on any atom is 0.255 e. The molecule has 0 atom stereocenters. The van der Waals surface area contributed by atoms with E-state index in [1.807, 2.05) is 0 Å². The van der Waals surface area contributed by atoms with E-state index >= 15 is 0 Å². The fourth-order valence-corrected chi connectivity index (χ4v) is 1.12. The van der Waals surface area contributed by atoms with Crippen molar-refractivity contribution in [2.24, 2.45) is 5.73 Å². The van der Waals surface area contributed by atoms with Gasteiger partial charge in [-0.25, -0.2) is 8.78 Å². The first-order valence-corrected chi connectivity index (χ1v) is 4.15. The molecule has 0 bridgehead atoms. The van der Waals surface area contributed by atoms with E-state index in [-0.39, 0.29) is 13.1 Å². The Hall–Kier alpha value is -1.30. The van der Waals surface area contributed by atoms with Crippen molar-refractivity contribution in [3.8, 4) is 0 Å². The molecule has 0 amide bonds. The minimum Gasteiger partial charge on any atom is -0.352 e. The predicted molar refractivity (Wildman–Crippen MR) is 49.2 cm³/mol. The van der Waals surface area contributed by atoms with Crippen LogP contribution in [0.15, 0.2) is 12.3 Å². The van der Waals surface area contributed by atoms with Gasteiger partial charge in [0, 0.05) is 19.2 Å². The highest BCUT2D eigenvalue weighted by atomic mass is 19.3. The average Bonchev–Trinajstić information content (AvgIpc) is 2.16. The number of nitrogens with two attached hydrogens (primary N) is 1. The minimum atomic E-state index is -2.40. The van der Waals surface area contributed by atoms with Gasteiger partial charge in [0.2, 0.25) is 0 Å². The quantitative estimate of drug-likeness (QED) is 0.778.